The van der Waals surface area contributed by atoms with Gasteiger partial charge < -0.3 is 15.3 Å². The van der Waals surface area contributed by atoms with E-state index in [-0.39, 0.29) is 18.6 Å². The Bertz CT molecular complexity index is 799. The van der Waals surface area contributed by atoms with E-state index in [0.717, 1.165) is 37.4 Å². The van der Waals surface area contributed by atoms with Crippen molar-refractivity contribution in [2.75, 3.05) is 26.2 Å². The number of hydrogen-bond donors (Lipinski definition) is 2. The van der Waals surface area contributed by atoms with E-state index in [2.05, 4.69) is 20.3 Å². The molecule has 4 rings (SSSR count). The van der Waals surface area contributed by atoms with E-state index in [0.29, 0.717) is 17.6 Å². The maximum atomic E-state index is 12.8. The first-order chi connectivity index (χ1) is 13.7. The molecule has 3 heterocycles. The van der Waals surface area contributed by atoms with Crippen LogP contribution in [-0.4, -0.2) is 62.8 Å². The molecule has 28 heavy (non-hydrogen) atoms. The zero-order chi connectivity index (χ0) is 19.3. The van der Waals surface area contributed by atoms with Crippen LogP contribution in [0.3, 0.4) is 0 Å². The summed E-state index contributed by atoms with van der Waals surface area (Å²) in [6.07, 6.45) is 14.7. The molecule has 152 valence electrons. The number of nitrogens with zero attached hydrogens (tertiary/aromatic N) is 4. The van der Waals surface area contributed by atoms with Gasteiger partial charge in [0.25, 0.3) is 5.91 Å². The highest BCUT2D eigenvalue weighted by Gasteiger charge is 2.25. The first-order valence-corrected chi connectivity index (χ1v) is 10.7. The Hall–Kier alpha value is -1.99. The van der Waals surface area contributed by atoms with Crippen molar-refractivity contribution in [1.82, 2.24) is 24.8 Å². The van der Waals surface area contributed by atoms with Crippen molar-refractivity contribution in [2.24, 2.45) is 5.92 Å². The second kappa shape index (κ2) is 9.01. The van der Waals surface area contributed by atoms with Gasteiger partial charge in [0.2, 0.25) is 0 Å². The van der Waals surface area contributed by atoms with Crippen LogP contribution in [0.25, 0.3) is 5.65 Å². The quantitative estimate of drug-likeness (QED) is 0.795. The summed E-state index contributed by atoms with van der Waals surface area (Å²) in [5.41, 5.74) is 1.98. The van der Waals surface area contributed by atoms with Crippen LogP contribution < -0.4 is 5.32 Å². The summed E-state index contributed by atoms with van der Waals surface area (Å²) in [5.74, 6) is 0.738. The molecule has 1 aliphatic carbocycles. The predicted octanol–water partition coefficient (Wildman–Crippen LogP) is 2.04. The lowest BCUT2D eigenvalue weighted by molar-refractivity contribution is 0.0891. The summed E-state index contributed by atoms with van der Waals surface area (Å²) in [4.78, 5) is 19.8. The lowest BCUT2D eigenvalue weighted by Crippen LogP contribution is -2.48. The number of aromatic nitrogens is 3. The van der Waals surface area contributed by atoms with Gasteiger partial charge in [-0.1, -0.05) is 19.3 Å². The van der Waals surface area contributed by atoms with Crippen molar-refractivity contribution in [3.63, 3.8) is 0 Å². The number of aliphatic hydroxyl groups excluding tert-OH is 1. The molecule has 0 bridgehead atoms. The number of aliphatic hydroxyl groups is 1. The number of amides is 1. The molecule has 2 aromatic heterocycles. The maximum absolute atomic E-state index is 12.8. The Labute approximate surface area is 166 Å². The van der Waals surface area contributed by atoms with E-state index >= 15 is 0 Å². The van der Waals surface area contributed by atoms with E-state index in [1.54, 1.807) is 16.9 Å². The van der Waals surface area contributed by atoms with Crippen LogP contribution in [0, 0.1) is 5.92 Å². The summed E-state index contributed by atoms with van der Waals surface area (Å²) in [7, 11) is 0. The minimum absolute atomic E-state index is 0.0703. The highest BCUT2D eigenvalue weighted by atomic mass is 16.3. The van der Waals surface area contributed by atoms with Crippen molar-refractivity contribution >= 4 is 11.6 Å². The van der Waals surface area contributed by atoms with Gasteiger partial charge in [-0.2, -0.15) is 5.10 Å². The lowest BCUT2D eigenvalue weighted by atomic mass is 9.88. The fraction of sp³-hybridized carbons (Fsp3) is 0.667. The van der Waals surface area contributed by atoms with Crippen molar-refractivity contribution in [3.8, 4) is 0 Å². The fourth-order valence-corrected chi connectivity index (χ4v) is 4.67. The van der Waals surface area contributed by atoms with Crippen LogP contribution in [0.15, 0.2) is 18.6 Å². The lowest BCUT2D eigenvalue weighted by Gasteiger charge is -2.36. The van der Waals surface area contributed by atoms with Crippen molar-refractivity contribution in [1.29, 1.82) is 0 Å². The minimum Gasteiger partial charge on any atom is -0.396 e. The molecule has 1 saturated heterocycles. The zero-order valence-electron chi connectivity index (χ0n) is 16.5. The molecular formula is C21H31N5O2. The Morgan fingerprint density at radius 1 is 1.18 bits per heavy atom. The molecule has 1 atom stereocenters. The van der Waals surface area contributed by atoms with Gasteiger partial charge in [0.15, 0.2) is 5.65 Å². The Morgan fingerprint density at radius 3 is 2.86 bits per heavy atom. The first kappa shape index (κ1) is 19.3. The number of carbonyl (C=O) groups excluding carboxylic acids is 1. The molecule has 0 aromatic carbocycles. The Kier molecular flexibility index (Phi) is 6.22. The molecular weight excluding hydrogens is 354 g/mol. The molecule has 0 radical (unpaired) electrons. The van der Waals surface area contributed by atoms with Gasteiger partial charge in [-0.05, 0) is 50.1 Å². The smallest absolute Gasteiger partial charge is 0.257 e. The number of piperidine rings is 1. The average Bonchev–Trinajstić information content (AvgIpc) is 3.13. The molecule has 7 heteroatoms. The third-order valence-corrected chi connectivity index (χ3v) is 6.14. The summed E-state index contributed by atoms with van der Waals surface area (Å²) in [6.45, 7) is 3.34. The first-order valence-electron chi connectivity index (χ1n) is 10.7. The molecule has 0 unspecified atom stereocenters. The van der Waals surface area contributed by atoms with Crippen LogP contribution in [0.5, 0.6) is 0 Å². The number of fused-ring (bicyclic) bond motifs is 1. The van der Waals surface area contributed by atoms with Crippen molar-refractivity contribution in [3.05, 3.63) is 29.7 Å². The van der Waals surface area contributed by atoms with E-state index in [9.17, 15) is 4.79 Å². The SMILES string of the molecule is O=C(N[C@@H]1CCCN(CC2CCCCC2)C1)c1cnn2cc(CCO)cnc12. The third kappa shape index (κ3) is 4.52. The van der Waals surface area contributed by atoms with Crippen molar-refractivity contribution < 1.29 is 9.90 Å². The van der Waals surface area contributed by atoms with E-state index in [1.165, 1.54) is 38.6 Å². The predicted molar refractivity (Wildman–Crippen MR) is 107 cm³/mol. The number of nitrogens with one attached hydrogen (secondary N) is 1. The maximum Gasteiger partial charge on any atom is 0.257 e. The van der Waals surface area contributed by atoms with E-state index in [1.807, 2.05) is 6.20 Å². The number of carbonyl (C=O) groups is 1. The van der Waals surface area contributed by atoms with Gasteiger partial charge in [0.05, 0.1) is 6.20 Å². The highest BCUT2D eigenvalue weighted by molar-refractivity contribution is 5.99. The van der Waals surface area contributed by atoms with Gasteiger partial charge in [-0.15, -0.1) is 0 Å². The van der Waals surface area contributed by atoms with Crippen LogP contribution >= 0.6 is 0 Å². The summed E-state index contributed by atoms with van der Waals surface area (Å²) in [5, 5.41) is 16.5. The fourth-order valence-electron chi connectivity index (χ4n) is 4.67. The summed E-state index contributed by atoms with van der Waals surface area (Å²) >= 11 is 0. The molecule has 2 aliphatic rings. The van der Waals surface area contributed by atoms with Crippen LogP contribution in [-0.2, 0) is 6.42 Å². The minimum atomic E-state index is -0.0954. The largest absolute Gasteiger partial charge is 0.396 e. The molecule has 0 spiro atoms. The molecule has 1 amide bonds. The van der Waals surface area contributed by atoms with Gasteiger partial charge >= 0.3 is 0 Å². The zero-order valence-corrected chi connectivity index (χ0v) is 16.5. The van der Waals surface area contributed by atoms with Crippen LogP contribution in [0.2, 0.25) is 0 Å². The number of hydrogen-bond acceptors (Lipinski definition) is 5. The number of likely N-dealkylation sites (tertiary alicyclic amines) is 1. The van der Waals surface area contributed by atoms with E-state index in [4.69, 9.17) is 5.11 Å². The van der Waals surface area contributed by atoms with Crippen LogP contribution in [0.1, 0.15) is 60.9 Å². The monoisotopic (exact) mass is 385 g/mol. The number of rotatable bonds is 6. The van der Waals surface area contributed by atoms with Gasteiger partial charge in [-0.3, -0.25) is 4.79 Å². The standard InChI is InChI=1S/C21H31N5O2/c27-10-8-17-11-22-20-19(12-23-26(20)14-17)21(28)24-18-7-4-9-25(15-18)13-16-5-2-1-3-6-16/h11-12,14,16,18,27H,1-10,13,15H2,(H,24,28)/t18-/m1/s1. The second-order valence-corrected chi connectivity index (χ2v) is 8.34. The third-order valence-electron chi connectivity index (χ3n) is 6.14. The second-order valence-electron chi connectivity index (χ2n) is 8.34. The van der Waals surface area contributed by atoms with Crippen molar-refractivity contribution in [2.45, 2.75) is 57.4 Å². The molecule has 2 N–H and O–H groups in total. The Morgan fingerprint density at radius 2 is 2.04 bits per heavy atom. The molecule has 7 nitrogen and oxygen atoms in total. The molecule has 1 saturated carbocycles. The van der Waals surface area contributed by atoms with E-state index < -0.39 is 0 Å². The topological polar surface area (TPSA) is 82.8 Å². The van der Waals surface area contributed by atoms with Gasteiger partial charge in [0.1, 0.15) is 5.56 Å². The highest BCUT2D eigenvalue weighted by Crippen LogP contribution is 2.25. The summed E-state index contributed by atoms with van der Waals surface area (Å²) in [6, 6.07) is 0.188. The molecule has 2 fully saturated rings. The molecule has 2 aromatic rings. The van der Waals surface area contributed by atoms with Gasteiger partial charge in [-0.25, -0.2) is 9.50 Å². The summed E-state index contributed by atoms with van der Waals surface area (Å²) < 4.78 is 1.62. The normalized spacial score (nSPS) is 21.8. The van der Waals surface area contributed by atoms with Crippen LogP contribution in [0.4, 0.5) is 0 Å². The van der Waals surface area contributed by atoms with Gasteiger partial charge in [0, 0.05) is 38.1 Å². The Balaban J connectivity index is 1.37. The average molecular weight is 386 g/mol. The molecule has 1 aliphatic heterocycles.